The van der Waals surface area contributed by atoms with Gasteiger partial charge in [0.15, 0.2) is 16.6 Å². The summed E-state index contributed by atoms with van der Waals surface area (Å²) in [6.45, 7) is 4.57. The Kier molecular flexibility index (Phi) is 8.00. The molecule has 2 aliphatic rings. The van der Waals surface area contributed by atoms with E-state index in [0.717, 1.165) is 29.9 Å². The number of hydrogen-bond acceptors (Lipinski definition) is 8. The Labute approximate surface area is 212 Å². The van der Waals surface area contributed by atoms with Crippen molar-refractivity contribution in [3.8, 4) is 17.2 Å². The molecule has 3 aromatic rings. The van der Waals surface area contributed by atoms with Gasteiger partial charge in [0.05, 0.1) is 36.5 Å². The van der Waals surface area contributed by atoms with E-state index in [1.165, 1.54) is 11.3 Å². The van der Waals surface area contributed by atoms with Crippen LogP contribution < -0.4 is 19.1 Å². The maximum Gasteiger partial charge on any atom is 0.233 e. The third kappa shape index (κ3) is 5.18. The predicted octanol–water partition coefficient (Wildman–Crippen LogP) is 4.02. The van der Waals surface area contributed by atoms with Crippen LogP contribution in [-0.2, 0) is 16.0 Å². The molecule has 2 aliphatic heterocycles. The molecule has 0 saturated carbocycles. The molecule has 0 bridgehead atoms. The molecule has 1 aromatic heterocycles. The Balaban J connectivity index is 0.00000274. The summed E-state index contributed by atoms with van der Waals surface area (Å²) < 4.78 is 22.6. The van der Waals surface area contributed by atoms with E-state index in [1.54, 1.807) is 24.1 Å². The summed E-state index contributed by atoms with van der Waals surface area (Å²) in [5, 5.41) is 1.20. The molecule has 34 heavy (non-hydrogen) atoms. The Bertz CT molecular complexity index is 1170. The van der Waals surface area contributed by atoms with Gasteiger partial charge in [-0.15, -0.1) is 12.4 Å². The zero-order valence-electron chi connectivity index (χ0n) is 18.6. The van der Waals surface area contributed by atoms with Gasteiger partial charge in [0.1, 0.15) is 11.3 Å². The van der Waals surface area contributed by atoms with Gasteiger partial charge < -0.3 is 18.9 Å². The maximum atomic E-state index is 13.5. The first kappa shape index (κ1) is 24.8. The predicted molar refractivity (Wildman–Crippen MR) is 134 cm³/mol. The van der Waals surface area contributed by atoms with Crippen molar-refractivity contribution >= 4 is 56.6 Å². The number of benzene rings is 2. The van der Waals surface area contributed by atoms with Crippen molar-refractivity contribution in [1.29, 1.82) is 0 Å². The van der Waals surface area contributed by atoms with Gasteiger partial charge >= 0.3 is 0 Å². The van der Waals surface area contributed by atoms with E-state index in [-0.39, 0.29) is 31.5 Å². The van der Waals surface area contributed by atoms with Gasteiger partial charge in [-0.05, 0) is 29.8 Å². The number of methoxy groups -OCH3 is 1. The quantitative estimate of drug-likeness (QED) is 0.461. The molecule has 0 atom stereocenters. The third-order valence-electron chi connectivity index (χ3n) is 5.73. The minimum absolute atomic E-state index is 0. The van der Waals surface area contributed by atoms with Crippen molar-refractivity contribution < 1.29 is 23.7 Å². The van der Waals surface area contributed by atoms with Crippen LogP contribution in [0.1, 0.15) is 5.56 Å². The molecule has 0 spiro atoms. The Morgan fingerprint density at radius 2 is 2.00 bits per heavy atom. The first-order chi connectivity index (χ1) is 16.1. The first-order valence-corrected chi connectivity index (χ1v) is 11.9. The Morgan fingerprint density at radius 1 is 1.21 bits per heavy atom. The summed E-state index contributed by atoms with van der Waals surface area (Å²) in [6.07, 6.45) is 0.223. The Morgan fingerprint density at radius 3 is 2.79 bits per heavy atom. The van der Waals surface area contributed by atoms with Gasteiger partial charge in [0, 0.05) is 26.2 Å². The highest BCUT2D eigenvalue weighted by molar-refractivity contribution is 7.23. The lowest BCUT2D eigenvalue weighted by Crippen LogP contribution is -2.43. The van der Waals surface area contributed by atoms with Crippen LogP contribution in [0.2, 0.25) is 5.02 Å². The topological polar surface area (TPSA) is 73.4 Å². The maximum absolute atomic E-state index is 13.5. The van der Waals surface area contributed by atoms with Crippen LogP contribution in [0.4, 0.5) is 5.13 Å². The Hall–Kier alpha value is -2.30. The van der Waals surface area contributed by atoms with E-state index in [0.29, 0.717) is 52.7 Å². The van der Waals surface area contributed by atoms with Crippen molar-refractivity contribution in [2.24, 2.45) is 0 Å². The minimum atomic E-state index is -0.0451. The highest BCUT2D eigenvalue weighted by Gasteiger charge is 2.24. The molecule has 0 aliphatic carbocycles. The lowest BCUT2D eigenvalue weighted by atomic mass is 10.1. The number of ether oxygens (including phenoxy) is 4. The van der Waals surface area contributed by atoms with Gasteiger partial charge in [0.2, 0.25) is 12.7 Å². The number of thiazole rings is 1. The van der Waals surface area contributed by atoms with E-state index in [4.69, 9.17) is 35.5 Å². The van der Waals surface area contributed by atoms with Crippen molar-refractivity contribution in [3.63, 3.8) is 0 Å². The minimum Gasteiger partial charge on any atom is -0.494 e. The van der Waals surface area contributed by atoms with Crippen molar-refractivity contribution in [2.45, 2.75) is 6.42 Å². The molecular formula is C23H25Cl2N3O5S. The van der Waals surface area contributed by atoms with E-state index < -0.39 is 0 Å². The van der Waals surface area contributed by atoms with Gasteiger partial charge in [-0.1, -0.05) is 29.0 Å². The van der Waals surface area contributed by atoms with Crippen LogP contribution in [0.15, 0.2) is 30.3 Å². The fraction of sp³-hybridized carbons (Fsp3) is 0.391. The SMILES string of the molecule is COc1ccc(Cl)c2sc(N(CCN3CCOCC3)C(=O)Cc3ccc4c(c3)OCO4)nc12.Cl. The standard InChI is InChI=1S/C23H24ClN3O5S.ClH/c1-29-18-5-3-16(24)22-21(18)25-23(33-22)27(7-6-26-8-10-30-11-9-26)20(28)13-15-2-4-17-19(12-15)32-14-31-17;/h2-5,12H,6-11,13-14H2,1H3;1H. The second-order valence-electron chi connectivity index (χ2n) is 7.79. The summed E-state index contributed by atoms with van der Waals surface area (Å²) in [5.41, 5.74) is 1.52. The van der Waals surface area contributed by atoms with Crippen molar-refractivity contribution in [2.75, 3.05) is 58.2 Å². The number of hydrogen-bond donors (Lipinski definition) is 0. The fourth-order valence-electron chi connectivity index (χ4n) is 3.94. The second kappa shape index (κ2) is 11.0. The smallest absolute Gasteiger partial charge is 0.233 e. The molecule has 3 heterocycles. The molecular weight excluding hydrogens is 501 g/mol. The monoisotopic (exact) mass is 525 g/mol. The number of nitrogens with zero attached hydrogens (tertiary/aromatic N) is 3. The average Bonchev–Trinajstić information content (AvgIpc) is 3.48. The number of carbonyl (C=O) groups is 1. The number of halogens is 2. The highest BCUT2D eigenvalue weighted by atomic mass is 35.5. The number of aromatic nitrogens is 1. The third-order valence-corrected chi connectivity index (χ3v) is 7.27. The number of anilines is 1. The molecule has 8 nitrogen and oxygen atoms in total. The van der Waals surface area contributed by atoms with Gasteiger partial charge in [-0.3, -0.25) is 14.6 Å². The van der Waals surface area contributed by atoms with Crippen molar-refractivity contribution in [1.82, 2.24) is 9.88 Å². The van der Waals surface area contributed by atoms with E-state index in [9.17, 15) is 4.79 Å². The van der Waals surface area contributed by atoms with Crippen LogP contribution in [0.3, 0.4) is 0 Å². The second-order valence-corrected chi connectivity index (χ2v) is 9.17. The van der Waals surface area contributed by atoms with Crippen LogP contribution in [-0.4, -0.2) is 69.1 Å². The molecule has 1 fully saturated rings. The van der Waals surface area contributed by atoms with Crippen molar-refractivity contribution in [3.05, 3.63) is 40.9 Å². The zero-order chi connectivity index (χ0) is 22.8. The number of rotatable bonds is 7. The molecule has 11 heteroatoms. The van der Waals surface area contributed by atoms with E-state index in [1.807, 2.05) is 18.2 Å². The van der Waals surface area contributed by atoms with Gasteiger partial charge in [-0.2, -0.15) is 0 Å². The average molecular weight is 526 g/mol. The molecule has 0 N–H and O–H groups in total. The molecule has 2 aromatic carbocycles. The largest absolute Gasteiger partial charge is 0.494 e. The van der Waals surface area contributed by atoms with E-state index >= 15 is 0 Å². The summed E-state index contributed by atoms with van der Waals surface area (Å²) in [5.74, 6) is 1.95. The summed E-state index contributed by atoms with van der Waals surface area (Å²) in [4.78, 5) is 22.3. The van der Waals surface area contributed by atoms with Crippen LogP contribution in [0.25, 0.3) is 10.2 Å². The number of fused-ring (bicyclic) bond motifs is 2. The highest BCUT2D eigenvalue weighted by Crippen LogP contribution is 2.39. The fourth-order valence-corrected chi connectivity index (χ4v) is 5.24. The number of carbonyl (C=O) groups excluding carboxylic acids is 1. The molecule has 1 saturated heterocycles. The molecule has 0 radical (unpaired) electrons. The normalized spacial score (nSPS) is 15.2. The van der Waals surface area contributed by atoms with E-state index in [2.05, 4.69) is 4.90 Å². The lowest BCUT2D eigenvalue weighted by molar-refractivity contribution is -0.118. The number of amides is 1. The van der Waals surface area contributed by atoms with Gasteiger partial charge in [0.25, 0.3) is 0 Å². The summed E-state index contributed by atoms with van der Waals surface area (Å²) >= 11 is 7.83. The summed E-state index contributed by atoms with van der Waals surface area (Å²) in [7, 11) is 1.60. The molecule has 5 rings (SSSR count). The lowest BCUT2D eigenvalue weighted by Gasteiger charge is -2.29. The molecule has 1 amide bonds. The van der Waals surface area contributed by atoms with Crippen LogP contribution >= 0.6 is 35.3 Å². The first-order valence-electron chi connectivity index (χ1n) is 10.7. The van der Waals surface area contributed by atoms with Crippen LogP contribution in [0, 0.1) is 0 Å². The molecule has 182 valence electrons. The zero-order valence-corrected chi connectivity index (χ0v) is 21.0. The number of morpholine rings is 1. The van der Waals surface area contributed by atoms with Crippen LogP contribution in [0.5, 0.6) is 17.2 Å². The van der Waals surface area contributed by atoms with Gasteiger partial charge in [-0.25, -0.2) is 4.98 Å². The summed E-state index contributed by atoms with van der Waals surface area (Å²) in [6, 6.07) is 9.17. The molecule has 0 unspecified atom stereocenters.